The van der Waals surface area contributed by atoms with Crippen LogP contribution in [0, 0.1) is 0 Å². The third kappa shape index (κ3) is 1.45. The molecule has 0 aliphatic carbocycles. The van der Waals surface area contributed by atoms with E-state index >= 15 is 0 Å². The second kappa shape index (κ2) is 3.66. The second-order valence-corrected chi connectivity index (χ2v) is 3.86. The van der Waals surface area contributed by atoms with Crippen LogP contribution in [-0.2, 0) is 6.54 Å². The summed E-state index contributed by atoms with van der Waals surface area (Å²) < 4.78 is 0. The molecule has 0 fully saturated rings. The van der Waals surface area contributed by atoms with Crippen LogP contribution in [0.25, 0.3) is 0 Å². The Morgan fingerprint density at radius 2 is 2.11 bits per heavy atom. The highest BCUT2D eigenvalue weighted by atomic mass is 16.2. The summed E-state index contributed by atoms with van der Waals surface area (Å²) in [5, 5.41) is 0. The number of hydrogen-bond donors (Lipinski definition) is 2. The van der Waals surface area contributed by atoms with Gasteiger partial charge in [-0.25, -0.2) is 4.79 Å². The number of carbonyl (C=O) groups is 1. The Labute approximate surface area is 100 Å². The molecule has 1 aliphatic heterocycles. The molecule has 1 amide bonds. The van der Waals surface area contributed by atoms with Crippen LogP contribution in [-0.4, -0.2) is 20.9 Å². The van der Waals surface area contributed by atoms with E-state index in [1.54, 1.807) is 12.1 Å². The number of pyridine rings is 1. The first-order valence-corrected chi connectivity index (χ1v) is 5.24. The molecule has 3 heterocycles. The minimum atomic E-state index is -0.606. The van der Waals surface area contributed by atoms with Gasteiger partial charge in [-0.1, -0.05) is 6.07 Å². The minimum Gasteiger partial charge on any atom is -0.312 e. The van der Waals surface area contributed by atoms with Crippen LogP contribution < -0.4 is 16.1 Å². The lowest BCUT2D eigenvalue weighted by Gasteiger charge is -2.12. The van der Waals surface area contributed by atoms with Gasteiger partial charge in [0.15, 0.2) is 0 Å². The summed E-state index contributed by atoms with van der Waals surface area (Å²) in [7, 11) is 0. The van der Waals surface area contributed by atoms with E-state index in [1.807, 2.05) is 0 Å². The van der Waals surface area contributed by atoms with Gasteiger partial charge in [0.1, 0.15) is 11.4 Å². The van der Waals surface area contributed by atoms with Crippen LogP contribution in [0.4, 0.5) is 5.69 Å². The van der Waals surface area contributed by atoms with Crippen molar-refractivity contribution >= 4 is 11.6 Å². The molecule has 0 unspecified atom stereocenters. The molecule has 2 N–H and O–H groups in total. The molecule has 0 saturated heterocycles. The zero-order chi connectivity index (χ0) is 12.7. The topological polar surface area (TPSA) is 98.9 Å². The number of fused-ring (bicyclic) bond motifs is 1. The van der Waals surface area contributed by atoms with Gasteiger partial charge in [0.25, 0.3) is 11.5 Å². The number of anilines is 1. The Morgan fingerprint density at radius 1 is 1.28 bits per heavy atom. The van der Waals surface area contributed by atoms with E-state index in [0.29, 0.717) is 5.69 Å². The predicted molar refractivity (Wildman–Crippen MR) is 62.4 cm³/mol. The van der Waals surface area contributed by atoms with Crippen molar-refractivity contribution in [1.82, 2.24) is 15.0 Å². The molecule has 2 aromatic heterocycles. The summed E-state index contributed by atoms with van der Waals surface area (Å²) in [4.78, 5) is 44.3. The van der Waals surface area contributed by atoms with E-state index in [9.17, 15) is 14.4 Å². The fourth-order valence-corrected chi connectivity index (χ4v) is 1.93. The normalized spacial score (nSPS) is 13.8. The van der Waals surface area contributed by atoms with Crippen molar-refractivity contribution in [2.24, 2.45) is 0 Å². The Balaban J connectivity index is 2.09. The van der Waals surface area contributed by atoms with Crippen molar-refractivity contribution in [2.75, 3.05) is 4.90 Å². The van der Waals surface area contributed by atoms with Gasteiger partial charge in [-0.3, -0.25) is 24.5 Å². The number of carbonyl (C=O) groups excluding carboxylic acids is 1. The standard InChI is InChI=1S/C11H8N4O3/c16-9-7(4-13-11(18)14-9)15-5-6-2-1-3-12-8(6)10(15)17/h1-4H,5H2,(H2,13,14,16,18). The van der Waals surface area contributed by atoms with Gasteiger partial charge in [-0.05, 0) is 6.07 Å². The Hall–Kier alpha value is -2.70. The number of rotatable bonds is 1. The van der Waals surface area contributed by atoms with Gasteiger partial charge in [-0.15, -0.1) is 0 Å². The van der Waals surface area contributed by atoms with Gasteiger partial charge in [0.2, 0.25) is 0 Å². The molecule has 2 aromatic rings. The van der Waals surface area contributed by atoms with E-state index in [1.165, 1.54) is 17.3 Å². The van der Waals surface area contributed by atoms with Gasteiger partial charge in [0.05, 0.1) is 6.54 Å². The molecule has 0 saturated carbocycles. The van der Waals surface area contributed by atoms with E-state index in [0.717, 1.165) is 5.56 Å². The predicted octanol–water partition coefficient (Wildman–Crippen LogP) is -0.381. The van der Waals surface area contributed by atoms with Crippen molar-refractivity contribution in [3.8, 4) is 0 Å². The highest BCUT2D eigenvalue weighted by molar-refractivity contribution is 6.08. The molecule has 1 aliphatic rings. The molecular formula is C11H8N4O3. The largest absolute Gasteiger partial charge is 0.325 e. The number of aromatic nitrogens is 3. The number of nitrogens with zero attached hydrogens (tertiary/aromatic N) is 2. The summed E-state index contributed by atoms with van der Waals surface area (Å²) in [5.41, 5.74) is -0.000240. The average molecular weight is 244 g/mol. The fourth-order valence-electron chi connectivity index (χ4n) is 1.93. The lowest BCUT2D eigenvalue weighted by Crippen LogP contribution is -2.33. The van der Waals surface area contributed by atoms with Crippen LogP contribution in [0.2, 0.25) is 0 Å². The smallest absolute Gasteiger partial charge is 0.312 e. The monoisotopic (exact) mass is 244 g/mol. The van der Waals surface area contributed by atoms with Crippen molar-refractivity contribution in [1.29, 1.82) is 0 Å². The maximum Gasteiger partial charge on any atom is 0.325 e. The average Bonchev–Trinajstić information content (AvgIpc) is 2.68. The molecule has 7 nitrogen and oxygen atoms in total. The zero-order valence-corrected chi connectivity index (χ0v) is 9.14. The van der Waals surface area contributed by atoms with Crippen molar-refractivity contribution < 1.29 is 4.79 Å². The maximum absolute atomic E-state index is 12.1. The fraction of sp³-hybridized carbons (Fsp3) is 0.0909. The highest BCUT2D eigenvalue weighted by Gasteiger charge is 2.31. The quantitative estimate of drug-likeness (QED) is 0.714. The SMILES string of the molecule is O=C1c2ncccc2CN1c1c[nH]c(=O)[nH]c1=O. The lowest BCUT2D eigenvalue weighted by atomic mass is 10.2. The molecule has 18 heavy (non-hydrogen) atoms. The number of amides is 1. The van der Waals surface area contributed by atoms with Crippen LogP contribution >= 0.6 is 0 Å². The summed E-state index contributed by atoms with van der Waals surface area (Å²) in [6.07, 6.45) is 2.75. The Morgan fingerprint density at radius 3 is 2.83 bits per heavy atom. The molecule has 0 radical (unpaired) electrons. The van der Waals surface area contributed by atoms with Crippen molar-refractivity contribution in [2.45, 2.75) is 6.54 Å². The van der Waals surface area contributed by atoms with E-state index in [-0.39, 0.29) is 18.1 Å². The summed E-state index contributed by atoms with van der Waals surface area (Å²) in [6.45, 7) is 0.275. The first-order valence-electron chi connectivity index (χ1n) is 5.24. The van der Waals surface area contributed by atoms with Crippen LogP contribution in [0.3, 0.4) is 0 Å². The zero-order valence-electron chi connectivity index (χ0n) is 9.14. The number of nitrogens with one attached hydrogen (secondary N) is 2. The van der Waals surface area contributed by atoms with E-state index in [4.69, 9.17) is 0 Å². The van der Waals surface area contributed by atoms with Gasteiger partial charge >= 0.3 is 5.69 Å². The van der Waals surface area contributed by atoms with Crippen LogP contribution in [0.5, 0.6) is 0 Å². The van der Waals surface area contributed by atoms with Crippen molar-refractivity contribution in [3.63, 3.8) is 0 Å². The van der Waals surface area contributed by atoms with Gasteiger partial charge in [0, 0.05) is 18.0 Å². The maximum atomic E-state index is 12.1. The molecule has 3 rings (SSSR count). The molecular weight excluding hydrogens is 236 g/mol. The molecule has 0 aromatic carbocycles. The first-order chi connectivity index (χ1) is 8.66. The number of H-pyrrole nitrogens is 2. The third-order valence-corrected chi connectivity index (χ3v) is 2.76. The summed E-state index contributed by atoms with van der Waals surface area (Å²) in [5.74, 6) is -0.344. The highest BCUT2D eigenvalue weighted by Crippen LogP contribution is 2.23. The molecule has 7 heteroatoms. The molecule has 0 spiro atoms. The van der Waals surface area contributed by atoms with E-state index in [2.05, 4.69) is 15.0 Å². The number of aromatic amines is 2. The van der Waals surface area contributed by atoms with Gasteiger partial charge < -0.3 is 4.98 Å². The van der Waals surface area contributed by atoms with Crippen LogP contribution in [0.1, 0.15) is 16.1 Å². The van der Waals surface area contributed by atoms with Crippen LogP contribution in [0.15, 0.2) is 34.1 Å². The number of hydrogen-bond acceptors (Lipinski definition) is 4. The molecule has 0 bridgehead atoms. The van der Waals surface area contributed by atoms with E-state index < -0.39 is 11.2 Å². The Bertz CT molecular complexity index is 746. The third-order valence-electron chi connectivity index (χ3n) is 2.76. The first kappa shape index (κ1) is 10.5. The molecule has 90 valence electrons. The second-order valence-electron chi connectivity index (χ2n) is 3.86. The lowest BCUT2D eigenvalue weighted by molar-refractivity contribution is 0.0992. The van der Waals surface area contributed by atoms with Gasteiger partial charge in [-0.2, -0.15) is 0 Å². The minimum absolute atomic E-state index is 0.109. The summed E-state index contributed by atoms with van der Waals surface area (Å²) in [6, 6.07) is 3.51. The van der Waals surface area contributed by atoms with Crippen molar-refractivity contribution in [3.05, 3.63) is 56.6 Å². The molecule has 0 atom stereocenters. The summed E-state index contributed by atoms with van der Waals surface area (Å²) >= 11 is 0. The Kier molecular flexibility index (Phi) is 2.12.